The fourth-order valence-electron chi connectivity index (χ4n) is 3.65. The highest BCUT2D eigenvalue weighted by molar-refractivity contribution is 7.89. The minimum Gasteiger partial charge on any atom is -0.446 e. The molecule has 0 radical (unpaired) electrons. The fourth-order valence-corrected chi connectivity index (χ4v) is 4.42. The number of nitrogens with zero attached hydrogens (tertiary/aromatic N) is 1. The Balaban J connectivity index is 1.55. The number of carbonyl (C=O) groups excluding carboxylic acids is 2. The van der Waals surface area contributed by atoms with Crippen molar-refractivity contribution in [1.29, 1.82) is 0 Å². The van der Waals surface area contributed by atoms with E-state index in [9.17, 15) is 18.0 Å². The van der Waals surface area contributed by atoms with E-state index in [2.05, 4.69) is 20.8 Å². The molecule has 1 aromatic heterocycles. The van der Waals surface area contributed by atoms with E-state index in [4.69, 9.17) is 9.88 Å². The van der Waals surface area contributed by atoms with Gasteiger partial charge in [0.15, 0.2) is 5.82 Å². The molecule has 1 aliphatic carbocycles. The summed E-state index contributed by atoms with van der Waals surface area (Å²) in [4.78, 5) is 24.0. The second-order valence-corrected chi connectivity index (χ2v) is 9.08. The number of ether oxygens (including phenoxy) is 1. The number of nitrogens with two attached hydrogens (primary N) is 1. The van der Waals surface area contributed by atoms with Crippen molar-refractivity contribution in [2.75, 3.05) is 11.9 Å². The standard InChI is InChI=1S/C20H27N5O5S/c1-2-9-22-20(27)30-15-8-7-13(10-15)16-12-18(25-24-16)23-19(26)11-14-5-3-4-6-17(14)31(21,28)29/h3-6,12-13,15H,2,7-11H2,1H3,(H,22,27)(H2,21,28,29)(H2,23,24,25,26). The highest BCUT2D eigenvalue weighted by atomic mass is 32.2. The Kier molecular flexibility index (Phi) is 7.29. The Hall–Kier alpha value is -2.92. The van der Waals surface area contributed by atoms with Crippen LogP contribution in [-0.4, -0.2) is 43.3 Å². The number of hydrogen-bond donors (Lipinski definition) is 4. The van der Waals surface area contributed by atoms with Gasteiger partial charge in [-0.2, -0.15) is 5.10 Å². The molecule has 3 rings (SSSR count). The van der Waals surface area contributed by atoms with Crippen molar-refractivity contribution in [3.8, 4) is 0 Å². The Morgan fingerprint density at radius 1 is 1.29 bits per heavy atom. The second kappa shape index (κ2) is 9.92. The molecule has 31 heavy (non-hydrogen) atoms. The van der Waals surface area contributed by atoms with Crippen LogP contribution in [-0.2, 0) is 26.0 Å². The Labute approximate surface area is 181 Å². The number of aromatic nitrogens is 2. The fraction of sp³-hybridized carbons (Fsp3) is 0.450. The second-order valence-electron chi connectivity index (χ2n) is 7.55. The first-order valence-corrected chi connectivity index (χ1v) is 11.7. The first kappa shape index (κ1) is 22.8. The van der Waals surface area contributed by atoms with E-state index in [1.165, 1.54) is 6.07 Å². The monoisotopic (exact) mass is 449 g/mol. The van der Waals surface area contributed by atoms with Gasteiger partial charge in [-0.25, -0.2) is 18.4 Å². The summed E-state index contributed by atoms with van der Waals surface area (Å²) in [5, 5.41) is 17.6. The minimum atomic E-state index is -3.92. The Bertz CT molecular complexity index is 1040. The van der Waals surface area contributed by atoms with E-state index in [0.29, 0.717) is 24.3 Å². The number of aromatic amines is 1. The maximum absolute atomic E-state index is 12.4. The minimum absolute atomic E-state index is 0.0761. The van der Waals surface area contributed by atoms with Gasteiger partial charge in [-0.05, 0) is 37.3 Å². The number of sulfonamides is 1. The van der Waals surface area contributed by atoms with Crippen molar-refractivity contribution in [3.63, 3.8) is 0 Å². The molecule has 168 valence electrons. The van der Waals surface area contributed by atoms with Crippen LogP contribution in [0.15, 0.2) is 35.2 Å². The number of primary sulfonamides is 1. The molecule has 5 N–H and O–H groups in total. The van der Waals surface area contributed by atoms with Gasteiger partial charge >= 0.3 is 6.09 Å². The molecule has 1 saturated carbocycles. The van der Waals surface area contributed by atoms with Crippen LogP contribution in [0.25, 0.3) is 0 Å². The normalized spacial score (nSPS) is 18.5. The van der Waals surface area contributed by atoms with Crippen molar-refractivity contribution in [2.45, 2.75) is 55.9 Å². The summed E-state index contributed by atoms with van der Waals surface area (Å²) in [7, 11) is -3.92. The molecule has 10 nitrogen and oxygen atoms in total. The summed E-state index contributed by atoms with van der Waals surface area (Å²) in [6, 6.07) is 7.85. The summed E-state index contributed by atoms with van der Waals surface area (Å²) in [6.07, 6.45) is 2.41. The van der Waals surface area contributed by atoms with Crippen LogP contribution >= 0.6 is 0 Å². The molecule has 0 aliphatic heterocycles. The Morgan fingerprint density at radius 3 is 2.81 bits per heavy atom. The van der Waals surface area contributed by atoms with E-state index >= 15 is 0 Å². The van der Waals surface area contributed by atoms with Gasteiger partial charge in [0.05, 0.1) is 11.3 Å². The highest BCUT2D eigenvalue weighted by Gasteiger charge is 2.30. The molecule has 0 bridgehead atoms. The molecule has 1 heterocycles. The van der Waals surface area contributed by atoms with Gasteiger partial charge < -0.3 is 15.4 Å². The van der Waals surface area contributed by atoms with Crippen LogP contribution in [0.5, 0.6) is 0 Å². The smallest absolute Gasteiger partial charge is 0.407 e. The molecule has 2 unspecified atom stereocenters. The topological polar surface area (TPSA) is 156 Å². The summed E-state index contributed by atoms with van der Waals surface area (Å²) in [5.74, 6) is 0.0813. The predicted molar refractivity (Wildman–Crippen MR) is 114 cm³/mol. The summed E-state index contributed by atoms with van der Waals surface area (Å²) in [5.41, 5.74) is 1.16. The van der Waals surface area contributed by atoms with Crippen molar-refractivity contribution in [1.82, 2.24) is 15.5 Å². The van der Waals surface area contributed by atoms with E-state index in [1.807, 2.05) is 6.92 Å². The maximum Gasteiger partial charge on any atom is 0.407 e. The van der Waals surface area contributed by atoms with Crippen LogP contribution in [0, 0.1) is 0 Å². The number of anilines is 1. The van der Waals surface area contributed by atoms with E-state index in [1.54, 1.807) is 24.3 Å². The summed E-state index contributed by atoms with van der Waals surface area (Å²) < 4.78 is 28.8. The van der Waals surface area contributed by atoms with Crippen LogP contribution in [0.3, 0.4) is 0 Å². The van der Waals surface area contributed by atoms with Crippen LogP contribution in [0.2, 0.25) is 0 Å². The predicted octanol–water partition coefficient (Wildman–Crippen LogP) is 2.01. The van der Waals surface area contributed by atoms with Crippen molar-refractivity contribution < 1.29 is 22.7 Å². The molecule has 2 atom stereocenters. The van der Waals surface area contributed by atoms with Crippen LogP contribution in [0.1, 0.15) is 49.8 Å². The number of benzene rings is 1. The lowest BCUT2D eigenvalue weighted by atomic mass is 10.0. The molecule has 0 saturated heterocycles. The molecular formula is C20H27N5O5S. The number of alkyl carbamates (subject to hydrolysis) is 1. The van der Waals surface area contributed by atoms with Crippen molar-refractivity contribution in [2.24, 2.45) is 5.14 Å². The zero-order chi connectivity index (χ0) is 22.4. The Morgan fingerprint density at radius 2 is 2.06 bits per heavy atom. The first-order valence-electron chi connectivity index (χ1n) is 10.2. The third-order valence-corrected chi connectivity index (χ3v) is 6.12. The molecule has 1 aliphatic rings. The summed E-state index contributed by atoms with van der Waals surface area (Å²) in [6.45, 7) is 2.56. The lowest BCUT2D eigenvalue weighted by Crippen LogP contribution is -2.28. The number of carbonyl (C=O) groups is 2. The average Bonchev–Trinajstić information content (AvgIpc) is 3.35. The molecule has 2 aromatic rings. The zero-order valence-electron chi connectivity index (χ0n) is 17.3. The third-order valence-electron chi connectivity index (χ3n) is 5.11. The zero-order valence-corrected chi connectivity index (χ0v) is 18.1. The van der Waals surface area contributed by atoms with Gasteiger partial charge in [0.2, 0.25) is 15.9 Å². The lowest BCUT2D eigenvalue weighted by molar-refractivity contribution is -0.115. The highest BCUT2D eigenvalue weighted by Crippen LogP contribution is 2.35. The largest absolute Gasteiger partial charge is 0.446 e. The van der Waals surface area contributed by atoms with Gasteiger partial charge in [0, 0.05) is 24.2 Å². The number of H-pyrrole nitrogens is 1. The van der Waals surface area contributed by atoms with E-state index < -0.39 is 22.0 Å². The van der Waals surface area contributed by atoms with Crippen LogP contribution < -0.4 is 15.8 Å². The summed E-state index contributed by atoms with van der Waals surface area (Å²) >= 11 is 0. The number of amides is 2. The molecular weight excluding hydrogens is 422 g/mol. The van der Waals surface area contributed by atoms with Gasteiger partial charge in [-0.15, -0.1) is 0 Å². The molecule has 0 spiro atoms. The quantitative estimate of drug-likeness (QED) is 0.483. The van der Waals surface area contributed by atoms with Gasteiger partial charge in [-0.3, -0.25) is 9.89 Å². The first-order chi connectivity index (χ1) is 14.8. The van der Waals surface area contributed by atoms with Gasteiger partial charge in [-0.1, -0.05) is 25.1 Å². The molecule has 2 amide bonds. The van der Waals surface area contributed by atoms with E-state index in [0.717, 1.165) is 25.0 Å². The maximum atomic E-state index is 12.4. The SMILES string of the molecule is CCCNC(=O)OC1CCC(c2cc(NC(=O)Cc3ccccc3S(N)(=O)=O)n[nH]2)C1. The lowest BCUT2D eigenvalue weighted by Gasteiger charge is -2.12. The van der Waals surface area contributed by atoms with Gasteiger partial charge in [0.25, 0.3) is 0 Å². The molecule has 1 fully saturated rings. The average molecular weight is 450 g/mol. The van der Waals surface area contributed by atoms with E-state index in [-0.39, 0.29) is 23.3 Å². The molecule has 1 aromatic carbocycles. The van der Waals surface area contributed by atoms with Crippen molar-refractivity contribution >= 4 is 27.8 Å². The van der Waals surface area contributed by atoms with Crippen LogP contribution in [0.4, 0.5) is 10.6 Å². The van der Waals surface area contributed by atoms with Crippen molar-refractivity contribution in [3.05, 3.63) is 41.6 Å². The third kappa shape index (κ3) is 6.28. The number of nitrogens with one attached hydrogen (secondary N) is 3. The molecule has 11 heteroatoms. The van der Waals surface area contributed by atoms with Gasteiger partial charge in [0.1, 0.15) is 6.10 Å². The number of hydrogen-bond acceptors (Lipinski definition) is 6. The number of rotatable bonds is 8.